The first-order valence-corrected chi connectivity index (χ1v) is 8.18. The first-order chi connectivity index (χ1) is 10.4. The molecule has 2 N–H and O–H groups in total. The number of nitrogens with zero attached hydrogens (tertiary/aromatic N) is 1. The zero-order chi connectivity index (χ0) is 16.3. The monoisotopic (exact) mass is 360 g/mol. The standard InChI is InChI=1S/C17H25ClN2O2.ClH/c1-11(2)15(19)6-7-20(3)17(21)13-8-12-9-14(18)4-5-16(12)22-10-13;/h4-5,9,11,13,15H,6-8,10,19H2,1-3H3;1H. The largest absolute Gasteiger partial charge is 0.492 e. The Kier molecular flexibility index (Phi) is 7.65. The van der Waals surface area contributed by atoms with E-state index in [-0.39, 0.29) is 30.3 Å². The molecule has 1 aromatic carbocycles. The summed E-state index contributed by atoms with van der Waals surface area (Å²) in [4.78, 5) is 14.3. The third-order valence-electron chi connectivity index (χ3n) is 4.31. The molecule has 1 heterocycles. The molecule has 0 saturated heterocycles. The van der Waals surface area contributed by atoms with E-state index in [1.165, 1.54) is 0 Å². The smallest absolute Gasteiger partial charge is 0.229 e. The van der Waals surface area contributed by atoms with E-state index >= 15 is 0 Å². The molecule has 4 nitrogen and oxygen atoms in total. The molecule has 130 valence electrons. The Morgan fingerprint density at radius 3 is 2.83 bits per heavy atom. The number of fused-ring (bicyclic) bond motifs is 1. The minimum Gasteiger partial charge on any atom is -0.492 e. The molecule has 0 fully saturated rings. The van der Waals surface area contributed by atoms with Crippen LogP contribution < -0.4 is 10.5 Å². The zero-order valence-corrected chi connectivity index (χ0v) is 15.5. The van der Waals surface area contributed by atoms with Crippen LogP contribution in [0.5, 0.6) is 5.75 Å². The van der Waals surface area contributed by atoms with Gasteiger partial charge in [-0.25, -0.2) is 0 Å². The predicted octanol–water partition coefficient (Wildman–Crippen LogP) is 3.14. The van der Waals surface area contributed by atoms with Crippen molar-refractivity contribution >= 4 is 29.9 Å². The van der Waals surface area contributed by atoms with Crippen LogP contribution in [0.15, 0.2) is 18.2 Å². The van der Waals surface area contributed by atoms with E-state index in [0.29, 0.717) is 30.5 Å². The highest BCUT2D eigenvalue weighted by Crippen LogP contribution is 2.30. The second kappa shape index (κ2) is 8.76. The van der Waals surface area contributed by atoms with Crippen molar-refractivity contribution in [2.45, 2.75) is 32.7 Å². The van der Waals surface area contributed by atoms with Crippen LogP contribution in [0.4, 0.5) is 0 Å². The van der Waals surface area contributed by atoms with Crippen molar-refractivity contribution in [3.8, 4) is 5.75 Å². The lowest BCUT2D eigenvalue weighted by Gasteiger charge is -2.29. The summed E-state index contributed by atoms with van der Waals surface area (Å²) in [6, 6.07) is 5.67. The number of halogens is 2. The van der Waals surface area contributed by atoms with E-state index < -0.39 is 0 Å². The van der Waals surface area contributed by atoms with Crippen LogP contribution in [0.25, 0.3) is 0 Å². The lowest BCUT2D eigenvalue weighted by molar-refractivity contribution is -0.135. The van der Waals surface area contributed by atoms with Gasteiger partial charge in [-0.15, -0.1) is 12.4 Å². The molecule has 0 spiro atoms. The Morgan fingerprint density at radius 2 is 2.17 bits per heavy atom. The second-order valence-corrected chi connectivity index (χ2v) is 6.86. The fourth-order valence-electron chi connectivity index (χ4n) is 2.62. The van der Waals surface area contributed by atoms with Crippen LogP contribution in [0.1, 0.15) is 25.8 Å². The van der Waals surface area contributed by atoms with Gasteiger partial charge in [-0.1, -0.05) is 25.4 Å². The molecule has 6 heteroatoms. The molecule has 1 aromatic rings. The van der Waals surface area contributed by atoms with Crippen molar-refractivity contribution in [1.82, 2.24) is 4.90 Å². The molecule has 0 aromatic heterocycles. The highest BCUT2D eigenvalue weighted by Gasteiger charge is 2.28. The summed E-state index contributed by atoms with van der Waals surface area (Å²) >= 11 is 6.02. The maximum atomic E-state index is 12.5. The molecule has 0 radical (unpaired) electrons. The van der Waals surface area contributed by atoms with E-state index in [1.54, 1.807) is 4.90 Å². The van der Waals surface area contributed by atoms with E-state index in [4.69, 9.17) is 22.1 Å². The Balaban J connectivity index is 0.00000264. The predicted molar refractivity (Wildman–Crippen MR) is 96.5 cm³/mol. The Labute approximate surface area is 149 Å². The van der Waals surface area contributed by atoms with E-state index in [9.17, 15) is 4.79 Å². The molecular formula is C17H26Cl2N2O2. The summed E-state index contributed by atoms with van der Waals surface area (Å²) in [5, 5.41) is 0.673. The molecule has 2 unspecified atom stereocenters. The van der Waals surface area contributed by atoms with Crippen LogP contribution in [0.3, 0.4) is 0 Å². The van der Waals surface area contributed by atoms with E-state index in [1.807, 2.05) is 25.2 Å². The average Bonchev–Trinajstić information content (AvgIpc) is 2.50. The number of nitrogens with two attached hydrogens (primary N) is 1. The maximum Gasteiger partial charge on any atom is 0.229 e. The highest BCUT2D eigenvalue weighted by molar-refractivity contribution is 6.30. The van der Waals surface area contributed by atoms with Crippen molar-refractivity contribution < 1.29 is 9.53 Å². The number of benzene rings is 1. The van der Waals surface area contributed by atoms with E-state index in [2.05, 4.69) is 13.8 Å². The van der Waals surface area contributed by atoms with Gasteiger partial charge in [0.1, 0.15) is 12.4 Å². The lowest BCUT2D eigenvalue weighted by Crippen LogP contribution is -2.41. The van der Waals surface area contributed by atoms with Gasteiger partial charge in [0.15, 0.2) is 0 Å². The molecule has 2 rings (SSSR count). The van der Waals surface area contributed by atoms with Crippen molar-refractivity contribution in [3.05, 3.63) is 28.8 Å². The number of amides is 1. The van der Waals surface area contributed by atoms with Crippen LogP contribution in [-0.2, 0) is 11.2 Å². The van der Waals surface area contributed by atoms with Gasteiger partial charge in [-0.05, 0) is 42.5 Å². The maximum absolute atomic E-state index is 12.5. The number of carbonyl (C=O) groups excluding carboxylic acids is 1. The van der Waals surface area contributed by atoms with Crippen molar-refractivity contribution in [2.75, 3.05) is 20.2 Å². The van der Waals surface area contributed by atoms with Crippen molar-refractivity contribution in [3.63, 3.8) is 0 Å². The Morgan fingerprint density at radius 1 is 1.48 bits per heavy atom. The van der Waals surface area contributed by atoms with Crippen LogP contribution >= 0.6 is 24.0 Å². The molecule has 0 bridgehead atoms. The fraction of sp³-hybridized carbons (Fsp3) is 0.588. The van der Waals surface area contributed by atoms with Gasteiger partial charge in [-0.2, -0.15) is 0 Å². The summed E-state index contributed by atoms with van der Waals surface area (Å²) < 4.78 is 5.70. The number of hydrogen-bond acceptors (Lipinski definition) is 3. The molecule has 0 aliphatic carbocycles. The summed E-state index contributed by atoms with van der Waals surface area (Å²) in [5.41, 5.74) is 7.05. The van der Waals surface area contributed by atoms with Gasteiger partial charge in [-0.3, -0.25) is 4.79 Å². The SMILES string of the molecule is CC(C)C(N)CCN(C)C(=O)C1COc2ccc(Cl)cc2C1.Cl. The molecule has 0 saturated carbocycles. The zero-order valence-electron chi connectivity index (χ0n) is 13.9. The van der Waals surface area contributed by atoms with Gasteiger partial charge in [0, 0.05) is 24.7 Å². The molecule has 23 heavy (non-hydrogen) atoms. The first kappa shape index (κ1) is 20.1. The number of carbonyl (C=O) groups is 1. The molecular weight excluding hydrogens is 335 g/mol. The first-order valence-electron chi connectivity index (χ1n) is 7.80. The summed E-state index contributed by atoms with van der Waals surface area (Å²) in [5.74, 6) is 1.22. The van der Waals surface area contributed by atoms with Gasteiger partial charge in [0.25, 0.3) is 0 Å². The summed E-state index contributed by atoms with van der Waals surface area (Å²) in [7, 11) is 1.84. The van der Waals surface area contributed by atoms with Crippen molar-refractivity contribution in [2.24, 2.45) is 17.6 Å². The molecule has 2 atom stereocenters. The molecule has 1 amide bonds. The van der Waals surface area contributed by atoms with Crippen LogP contribution in [0, 0.1) is 11.8 Å². The minimum atomic E-state index is -0.147. The number of hydrogen-bond donors (Lipinski definition) is 1. The number of ether oxygens (including phenoxy) is 1. The Bertz CT molecular complexity index is 537. The second-order valence-electron chi connectivity index (χ2n) is 6.42. The average molecular weight is 361 g/mol. The third kappa shape index (κ3) is 5.27. The normalized spacial score (nSPS) is 17.7. The molecule has 1 aliphatic heterocycles. The topological polar surface area (TPSA) is 55.6 Å². The van der Waals surface area contributed by atoms with E-state index in [0.717, 1.165) is 17.7 Å². The van der Waals surface area contributed by atoms with Gasteiger partial charge >= 0.3 is 0 Å². The van der Waals surface area contributed by atoms with Gasteiger partial charge < -0.3 is 15.4 Å². The van der Waals surface area contributed by atoms with Crippen LogP contribution in [-0.4, -0.2) is 37.0 Å². The van der Waals surface area contributed by atoms with Gasteiger partial charge in [0.2, 0.25) is 5.91 Å². The third-order valence-corrected chi connectivity index (χ3v) is 4.54. The molecule has 1 aliphatic rings. The minimum absolute atomic E-state index is 0. The Hall–Kier alpha value is -0.970. The lowest BCUT2D eigenvalue weighted by atomic mass is 9.95. The summed E-state index contributed by atoms with van der Waals surface area (Å²) in [6.07, 6.45) is 1.49. The van der Waals surface area contributed by atoms with Crippen LogP contribution in [0.2, 0.25) is 5.02 Å². The number of rotatable bonds is 5. The summed E-state index contributed by atoms with van der Waals surface area (Å²) in [6.45, 7) is 5.30. The highest BCUT2D eigenvalue weighted by atomic mass is 35.5. The van der Waals surface area contributed by atoms with Gasteiger partial charge in [0.05, 0.1) is 5.92 Å². The van der Waals surface area contributed by atoms with Crippen molar-refractivity contribution in [1.29, 1.82) is 0 Å². The fourth-order valence-corrected chi connectivity index (χ4v) is 2.81. The quantitative estimate of drug-likeness (QED) is 0.877.